The normalized spacial score (nSPS) is 12.5. The maximum atomic E-state index is 12.3. The fourth-order valence-corrected chi connectivity index (χ4v) is 2.55. The van der Waals surface area contributed by atoms with Crippen LogP contribution < -0.4 is 10.6 Å². The molecule has 1 heterocycles. The number of amides is 1. The van der Waals surface area contributed by atoms with Gasteiger partial charge in [0.2, 0.25) is 5.91 Å². The molecule has 1 aromatic rings. The lowest BCUT2D eigenvalue weighted by atomic mass is 10.1. The zero-order chi connectivity index (χ0) is 19.2. The highest BCUT2D eigenvalue weighted by Gasteiger charge is 2.10. The van der Waals surface area contributed by atoms with Gasteiger partial charge >= 0.3 is 0 Å². The van der Waals surface area contributed by atoms with Gasteiger partial charge in [0.25, 0.3) is 0 Å². The average molecular weight is 362 g/mol. The van der Waals surface area contributed by atoms with Crippen LogP contribution in [0, 0.1) is 0 Å². The lowest BCUT2D eigenvalue weighted by molar-refractivity contribution is -0.128. The Labute approximate surface area is 158 Å². The molecule has 0 spiro atoms. The van der Waals surface area contributed by atoms with E-state index in [-0.39, 0.29) is 12.5 Å². The van der Waals surface area contributed by atoms with Gasteiger partial charge in [0, 0.05) is 44.5 Å². The largest absolute Gasteiger partial charge is 0.357 e. The first kappa shape index (κ1) is 21.9. The molecule has 0 aromatic carbocycles. The van der Waals surface area contributed by atoms with Gasteiger partial charge in [-0.2, -0.15) is 0 Å². The third-order valence-electron chi connectivity index (χ3n) is 4.20. The Kier molecular flexibility index (Phi) is 11.1. The van der Waals surface area contributed by atoms with Gasteiger partial charge in [-0.3, -0.25) is 9.78 Å². The first-order valence-electron chi connectivity index (χ1n) is 9.75. The summed E-state index contributed by atoms with van der Waals surface area (Å²) in [5.74, 6) is 0.722. The van der Waals surface area contributed by atoms with E-state index in [1.807, 2.05) is 32.2 Å². The van der Waals surface area contributed by atoms with Gasteiger partial charge in [0.1, 0.15) is 6.54 Å². The van der Waals surface area contributed by atoms with Gasteiger partial charge < -0.3 is 15.5 Å². The second kappa shape index (κ2) is 13.1. The third kappa shape index (κ3) is 9.39. The minimum atomic E-state index is 0.0109. The molecule has 0 fully saturated rings. The van der Waals surface area contributed by atoms with Crippen LogP contribution in [-0.2, 0) is 11.2 Å². The number of aliphatic imine (C=N–C) groups is 1. The second-order valence-electron chi connectivity index (χ2n) is 6.62. The van der Waals surface area contributed by atoms with Crippen molar-refractivity contribution in [1.29, 1.82) is 0 Å². The zero-order valence-electron chi connectivity index (χ0n) is 16.8. The lowest BCUT2D eigenvalue weighted by Crippen LogP contribution is -2.43. The Hall–Kier alpha value is -2.11. The van der Waals surface area contributed by atoms with Crippen molar-refractivity contribution in [3.63, 3.8) is 0 Å². The van der Waals surface area contributed by atoms with E-state index in [2.05, 4.69) is 34.5 Å². The van der Waals surface area contributed by atoms with Crippen LogP contribution >= 0.6 is 0 Å². The molecule has 0 aliphatic carbocycles. The number of likely N-dealkylation sites (N-methyl/N-ethyl adjacent to an activating group) is 1. The van der Waals surface area contributed by atoms with E-state index in [0.29, 0.717) is 18.5 Å². The van der Waals surface area contributed by atoms with E-state index in [9.17, 15) is 4.79 Å². The molecule has 0 bridgehead atoms. The number of nitrogens with one attached hydrogen (secondary N) is 2. The SMILES string of the molecule is CCCCCC(C)NC(=NCC(=O)N(C)CCc1ccccn1)NCC. The highest BCUT2D eigenvalue weighted by molar-refractivity contribution is 5.85. The van der Waals surface area contributed by atoms with Crippen molar-refractivity contribution in [1.82, 2.24) is 20.5 Å². The Bertz CT molecular complexity index is 532. The van der Waals surface area contributed by atoms with E-state index in [0.717, 1.165) is 25.1 Å². The number of aromatic nitrogens is 1. The van der Waals surface area contributed by atoms with E-state index in [1.54, 1.807) is 11.1 Å². The number of carbonyl (C=O) groups excluding carboxylic acids is 1. The molecule has 0 saturated heterocycles. The molecule has 0 radical (unpaired) electrons. The van der Waals surface area contributed by atoms with E-state index in [1.165, 1.54) is 19.3 Å². The molecule has 0 saturated carbocycles. The quantitative estimate of drug-likeness (QED) is 0.361. The highest BCUT2D eigenvalue weighted by Crippen LogP contribution is 2.02. The topological polar surface area (TPSA) is 69.6 Å². The van der Waals surface area contributed by atoms with Crippen LogP contribution in [0.2, 0.25) is 0 Å². The van der Waals surface area contributed by atoms with Crippen molar-refractivity contribution in [3.8, 4) is 0 Å². The van der Waals surface area contributed by atoms with E-state index in [4.69, 9.17) is 0 Å². The number of hydrogen-bond acceptors (Lipinski definition) is 3. The molecule has 6 nitrogen and oxygen atoms in total. The fourth-order valence-electron chi connectivity index (χ4n) is 2.55. The minimum absolute atomic E-state index is 0.0109. The van der Waals surface area contributed by atoms with Crippen LogP contribution in [0.5, 0.6) is 0 Å². The molecule has 2 N–H and O–H groups in total. The number of pyridine rings is 1. The van der Waals surface area contributed by atoms with Gasteiger partial charge in [0.15, 0.2) is 5.96 Å². The molecule has 1 unspecified atom stereocenters. The Morgan fingerprint density at radius 3 is 2.77 bits per heavy atom. The number of unbranched alkanes of at least 4 members (excludes halogenated alkanes) is 2. The summed E-state index contributed by atoms with van der Waals surface area (Å²) in [5, 5.41) is 6.60. The summed E-state index contributed by atoms with van der Waals surface area (Å²) in [6.07, 6.45) is 7.31. The van der Waals surface area contributed by atoms with Crippen molar-refractivity contribution in [3.05, 3.63) is 30.1 Å². The summed E-state index contributed by atoms with van der Waals surface area (Å²) in [5.41, 5.74) is 0.992. The van der Waals surface area contributed by atoms with Gasteiger partial charge in [-0.15, -0.1) is 0 Å². The lowest BCUT2D eigenvalue weighted by Gasteiger charge is -2.19. The Morgan fingerprint density at radius 2 is 2.12 bits per heavy atom. The Morgan fingerprint density at radius 1 is 1.31 bits per heavy atom. The summed E-state index contributed by atoms with van der Waals surface area (Å²) in [6, 6.07) is 6.18. The van der Waals surface area contributed by atoms with Crippen LogP contribution in [0.1, 0.15) is 52.1 Å². The Balaban J connectivity index is 2.44. The standard InChI is InChI=1S/C20H35N5O/c1-5-7-8-11-17(3)24-20(21-6-2)23-16-19(26)25(4)15-13-18-12-9-10-14-22-18/h9-10,12,14,17H,5-8,11,13,15-16H2,1-4H3,(H2,21,23,24). The van der Waals surface area contributed by atoms with Crippen LogP contribution in [0.3, 0.4) is 0 Å². The number of rotatable bonds is 11. The molecule has 1 atom stereocenters. The van der Waals surface area contributed by atoms with Gasteiger partial charge in [-0.1, -0.05) is 32.3 Å². The summed E-state index contributed by atoms with van der Waals surface area (Å²) in [7, 11) is 1.81. The molecule has 0 aliphatic rings. The van der Waals surface area contributed by atoms with Crippen molar-refractivity contribution >= 4 is 11.9 Å². The zero-order valence-corrected chi connectivity index (χ0v) is 16.8. The predicted octanol–water partition coefficient (Wildman–Crippen LogP) is 2.61. The predicted molar refractivity (Wildman–Crippen MR) is 108 cm³/mol. The summed E-state index contributed by atoms with van der Waals surface area (Å²) >= 11 is 0. The van der Waals surface area contributed by atoms with Gasteiger partial charge in [0.05, 0.1) is 0 Å². The molecule has 1 amide bonds. The third-order valence-corrected chi connectivity index (χ3v) is 4.20. The monoisotopic (exact) mass is 361 g/mol. The molecular weight excluding hydrogens is 326 g/mol. The average Bonchev–Trinajstić information content (AvgIpc) is 2.65. The number of hydrogen-bond donors (Lipinski definition) is 2. The number of nitrogens with zero attached hydrogens (tertiary/aromatic N) is 3. The number of guanidine groups is 1. The summed E-state index contributed by atoms with van der Waals surface area (Å²) in [6.45, 7) is 7.96. The molecule has 146 valence electrons. The van der Waals surface area contributed by atoms with Crippen molar-refractivity contribution in [2.45, 2.75) is 58.9 Å². The second-order valence-corrected chi connectivity index (χ2v) is 6.62. The molecule has 26 heavy (non-hydrogen) atoms. The smallest absolute Gasteiger partial charge is 0.244 e. The molecule has 6 heteroatoms. The first-order chi connectivity index (χ1) is 12.6. The van der Waals surface area contributed by atoms with Crippen LogP contribution in [0.25, 0.3) is 0 Å². The first-order valence-corrected chi connectivity index (χ1v) is 9.75. The molecular formula is C20H35N5O. The number of carbonyl (C=O) groups is 1. The van der Waals surface area contributed by atoms with Crippen molar-refractivity contribution in [2.24, 2.45) is 4.99 Å². The summed E-state index contributed by atoms with van der Waals surface area (Å²) in [4.78, 5) is 22.8. The van der Waals surface area contributed by atoms with Crippen molar-refractivity contribution < 1.29 is 4.79 Å². The fraction of sp³-hybridized carbons (Fsp3) is 0.650. The maximum absolute atomic E-state index is 12.3. The molecule has 1 rings (SSSR count). The van der Waals surface area contributed by atoms with Crippen LogP contribution in [-0.4, -0.2) is 54.5 Å². The van der Waals surface area contributed by atoms with E-state index < -0.39 is 0 Å². The van der Waals surface area contributed by atoms with Crippen molar-refractivity contribution in [2.75, 3.05) is 26.7 Å². The molecule has 1 aromatic heterocycles. The van der Waals surface area contributed by atoms with Gasteiger partial charge in [-0.05, 0) is 32.4 Å². The maximum Gasteiger partial charge on any atom is 0.244 e. The van der Waals surface area contributed by atoms with E-state index >= 15 is 0 Å². The summed E-state index contributed by atoms with van der Waals surface area (Å²) < 4.78 is 0. The minimum Gasteiger partial charge on any atom is -0.357 e. The highest BCUT2D eigenvalue weighted by atomic mass is 16.2. The van der Waals surface area contributed by atoms with Crippen LogP contribution in [0.15, 0.2) is 29.4 Å². The molecule has 0 aliphatic heterocycles. The van der Waals surface area contributed by atoms with Crippen LogP contribution in [0.4, 0.5) is 0 Å². The van der Waals surface area contributed by atoms with Gasteiger partial charge in [-0.25, -0.2) is 4.99 Å².